The molecule has 0 saturated carbocycles. The number of alkyl halides is 1. The highest BCUT2D eigenvalue weighted by Crippen LogP contribution is 2.29. The van der Waals surface area contributed by atoms with Crippen molar-refractivity contribution < 1.29 is 0 Å². The molecule has 1 fully saturated rings. The van der Waals surface area contributed by atoms with E-state index in [1.54, 1.807) is 0 Å². The number of hydrogen-bond donors (Lipinski definition) is 0. The Morgan fingerprint density at radius 3 is 3.07 bits per heavy atom. The van der Waals surface area contributed by atoms with E-state index in [1.807, 2.05) is 10.9 Å². The highest BCUT2D eigenvalue weighted by molar-refractivity contribution is 6.18. The van der Waals surface area contributed by atoms with Gasteiger partial charge in [-0.25, -0.2) is 4.68 Å². The fraction of sp³-hybridized carbons (Fsp3) is 0.800. The van der Waals surface area contributed by atoms with Gasteiger partial charge in [-0.05, 0) is 19.3 Å². The molecule has 1 aromatic rings. The van der Waals surface area contributed by atoms with Crippen LogP contribution in [0.3, 0.4) is 0 Å². The second-order valence-electron chi connectivity index (χ2n) is 4.09. The van der Waals surface area contributed by atoms with E-state index in [0.29, 0.717) is 17.8 Å². The van der Waals surface area contributed by atoms with Gasteiger partial charge in [0.25, 0.3) is 0 Å². The Balaban J connectivity index is 2.23. The van der Waals surface area contributed by atoms with Gasteiger partial charge < -0.3 is 4.90 Å². The van der Waals surface area contributed by atoms with Crippen molar-refractivity contribution in [2.75, 3.05) is 17.3 Å². The predicted molar refractivity (Wildman–Crippen MR) is 61.3 cm³/mol. The van der Waals surface area contributed by atoms with Crippen molar-refractivity contribution in [1.29, 1.82) is 0 Å². The van der Waals surface area contributed by atoms with E-state index < -0.39 is 0 Å². The van der Waals surface area contributed by atoms with Crippen LogP contribution in [0.25, 0.3) is 0 Å². The van der Waals surface area contributed by atoms with Crippen LogP contribution in [0.15, 0.2) is 6.20 Å². The lowest BCUT2D eigenvalue weighted by Crippen LogP contribution is -2.35. The first-order valence-corrected chi connectivity index (χ1v) is 6.02. The van der Waals surface area contributed by atoms with Crippen LogP contribution in [-0.4, -0.2) is 33.5 Å². The first-order valence-electron chi connectivity index (χ1n) is 5.49. The van der Waals surface area contributed by atoms with Gasteiger partial charge in [0.15, 0.2) is 0 Å². The van der Waals surface area contributed by atoms with Crippen molar-refractivity contribution in [3.05, 3.63) is 6.20 Å². The summed E-state index contributed by atoms with van der Waals surface area (Å²) in [6, 6.07) is 0.426. The molecular formula is C10H17ClN4. The van der Waals surface area contributed by atoms with Gasteiger partial charge in [0.05, 0.1) is 6.20 Å². The molecule has 0 bridgehead atoms. The molecule has 2 unspecified atom stereocenters. The van der Waals surface area contributed by atoms with E-state index in [0.717, 1.165) is 18.9 Å². The average Bonchev–Trinajstić information content (AvgIpc) is 2.82. The van der Waals surface area contributed by atoms with Crippen LogP contribution in [0.5, 0.6) is 0 Å². The zero-order valence-electron chi connectivity index (χ0n) is 9.23. The number of rotatable bonds is 3. The summed E-state index contributed by atoms with van der Waals surface area (Å²) >= 11 is 6.02. The molecule has 0 aromatic carbocycles. The molecule has 0 spiro atoms. The van der Waals surface area contributed by atoms with Crippen LogP contribution in [0.1, 0.15) is 20.3 Å². The fourth-order valence-electron chi connectivity index (χ4n) is 2.23. The highest BCUT2D eigenvalue weighted by Gasteiger charge is 2.32. The average molecular weight is 229 g/mol. The zero-order valence-corrected chi connectivity index (χ0v) is 9.98. The van der Waals surface area contributed by atoms with Crippen molar-refractivity contribution >= 4 is 17.4 Å². The van der Waals surface area contributed by atoms with E-state index >= 15 is 0 Å². The topological polar surface area (TPSA) is 34.0 Å². The minimum Gasteiger partial charge on any atom is -0.351 e. The summed E-state index contributed by atoms with van der Waals surface area (Å²) in [6.07, 6.45) is 3.04. The van der Waals surface area contributed by atoms with E-state index in [1.165, 1.54) is 6.42 Å². The van der Waals surface area contributed by atoms with E-state index in [4.69, 9.17) is 11.6 Å². The van der Waals surface area contributed by atoms with Crippen LogP contribution in [0.2, 0.25) is 0 Å². The summed E-state index contributed by atoms with van der Waals surface area (Å²) in [5.41, 5.74) is 0. The number of nitrogens with zero attached hydrogens (tertiary/aromatic N) is 4. The maximum Gasteiger partial charge on any atom is 0.147 e. The number of aromatic nitrogens is 3. The molecule has 1 saturated heterocycles. The Labute approximate surface area is 95.2 Å². The van der Waals surface area contributed by atoms with Crippen LogP contribution < -0.4 is 4.90 Å². The van der Waals surface area contributed by atoms with Crippen molar-refractivity contribution in [3.63, 3.8) is 0 Å². The van der Waals surface area contributed by atoms with Gasteiger partial charge in [-0.1, -0.05) is 12.1 Å². The van der Waals surface area contributed by atoms with Gasteiger partial charge in [-0.2, -0.15) is 0 Å². The summed E-state index contributed by atoms with van der Waals surface area (Å²) in [6.45, 7) is 6.25. The number of aryl methyl sites for hydroxylation is 1. The largest absolute Gasteiger partial charge is 0.351 e. The molecule has 15 heavy (non-hydrogen) atoms. The lowest BCUT2D eigenvalue weighted by atomic mass is 10.1. The second-order valence-corrected chi connectivity index (χ2v) is 4.40. The Kier molecular flexibility index (Phi) is 3.14. The second kappa shape index (κ2) is 4.39. The number of anilines is 1. The van der Waals surface area contributed by atoms with Crippen LogP contribution >= 0.6 is 11.6 Å². The third-order valence-corrected chi connectivity index (χ3v) is 3.55. The first-order chi connectivity index (χ1) is 7.27. The summed E-state index contributed by atoms with van der Waals surface area (Å²) < 4.78 is 1.93. The monoisotopic (exact) mass is 228 g/mol. The van der Waals surface area contributed by atoms with E-state index in [2.05, 4.69) is 29.1 Å². The maximum absolute atomic E-state index is 6.02. The van der Waals surface area contributed by atoms with Gasteiger partial charge in [0.1, 0.15) is 5.82 Å². The number of halogens is 1. The molecule has 1 aromatic heterocycles. The van der Waals surface area contributed by atoms with Crippen LogP contribution in [0, 0.1) is 5.92 Å². The molecule has 2 heterocycles. The molecule has 2 atom stereocenters. The normalized spacial score (nSPS) is 26.2. The van der Waals surface area contributed by atoms with E-state index in [-0.39, 0.29) is 0 Å². The Morgan fingerprint density at radius 2 is 2.40 bits per heavy atom. The lowest BCUT2D eigenvalue weighted by Gasteiger charge is -2.26. The van der Waals surface area contributed by atoms with E-state index in [9.17, 15) is 0 Å². The zero-order chi connectivity index (χ0) is 10.8. The SMILES string of the molecule is CCn1nncc1N1CCC(C)C1CCl. The minimum absolute atomic E-state index is 0.426. The van der Waals surface area contributed by atoms with Crippen molar-refractivity contribution in [1.82, 2.24) is 15.0 Å². The Hall–Kier alpha value is -0.770. The van der Waals surface area contributed by atoms with Crippen molar-refractivity contribution in [2.24, 2.45) is 5.92 Å². The highest BCUT2D eigenvalue weighted by atomic mass is 35.5. The van der Waals surface area contributed by atoms with Gasteiger partial charge in [0.2, 0.25) is 0 Å². The van der Waals surface area contributed by atoms with Gasteiger partial charge in [0, 0.05) is 25.0 Å². The third kappa shape index (κ3) is 1.83. The van der Waals surface area contributed by atoms with Gasteiger partial charge in [-0.15, -0.1) is 16.7 Å². The van der Waals surface area contributed by atoms with Gasteiger partial charge in [-0.3, -0.25) is 0 Å². The van der Waals surface area contributed by atoms with Crippen molar-refractivity contribution in [3.8, 4) is 0 Å². The quantitative estimate of drug-likeness (QED) is 0.740. The summed E-state index contributed by atoms with van der Waals surface area (Å²) in [7, 11) is 0. The molecular weight excluding hydrogens is 212 g/mol. The maximum atomic E-state index is 6.02. The molecule has 5 heteroatoms. The summed E-state index contributed by atoms with van der Waals surface area (Å²) in [4.78, 5) is 2.33. The van der Waals surface area contributed by atoms with Crippen LogP contribution in [-0.2, 0) is 6.54 Å². The molecule has 0 aliphatic carbocycles. The minimum atomic E-state index is 0.426. The van der Waals surface area contributed by atoms with Gasteiger partial charge >= 0.3 is 0 Å². The van der Waals surface area contributed by atoms with Crippen LogP contribution in [0.4, 0.5) is 5.82 Å². The molecule has 0 amide bonds. The predicted octanol–water partition coefficient (Wildman–Crippen LogP) is 1.75. The third-order valence-electron chi connectivity index (χ3n) is 3.23. The molecule has 1 aliphatic heterocycles. The molecule has 1 aliphatic rings. The molecule has 4 nitrogen and oxygen atoms in total. The Bertz CT molecular complexity index is 325. The Morgan fingerprint density at radius 1 is 1.60 bits per heavy atom. The lowest BCUT2D eigenvalue weighted by molar-refractivity contribution is 0.538. The summed E-state index contributed by atoms with van der Waals surface area (Å²) in [5.74, 6) is 2.44. The first kappa shape index (κ1) is 10.7. The van der Waals surface area contributed by atoms with Crippen molar-refractivity contribution in [2.45, 2.75) is 32.9 Å². The molecule has 2 rings (SSSR count). The standard InChI is InChI=1S/C10H17ClN4/c1-3-15-10(7-12-13-15)14-5-4-8(2)9(14)6-11/h7-9H,3-6H2,1-2H3. The molecule has 84 valence electrons. The fourth-order valence-corrected chi connectivity index (χ4v) is 2.70. The molecule has 0 N–H and O–H groups in total. The number of hydrogen-bond acceptors (Lipinski definition) is 3. The smallest absolute Gasteiger partial charge is 0.147 e. The summed E-state index contributed by atoms with van der Waals surface area (Å²) in [5, 5.41) is 8.01. The molecule has 0 radical (unpaired) electrons.